The number of carbonyl (C=O) groups excluding carboxylic acids is 8. The predicted octanol–water partition coefficient (Wildman–Crippen LogP) is 1.77. The molecule has 0 spiro atoms. The summed E-state index contributed by atoms with van der Waals surface area (Å²) in [5, 5.41) is 270. The molecule has 0 bridgehead atoms. The van der Waals surface area contributed by atoms with Crippen LogP contribution in [0.5, 0.6) is 144 Å². The maximum atomic E-state index is 14.8. The summed E-state index contributed by atoms with van der Waals surface area (Å²) in [5.74, 6) is -49.8. The Labute approximate surface area is 616 Å². The summed E-state index contributed by atoms with van der Waals surface area (Å²) in [6.07, 6.45) is -26.0. The van der Waals surface area contributed by atoms with Crippen LogP contribution in [0, 0.1) is 0 Å². The Bertz CT molecular complexity index is 5350. The van der Waals surface area contributed by atoms with Crippen LogP contribution in [0.4, 0.5) is 0 Å². The second-order valence-electron chi connectivity index (χ2n) is 24.3. The van der Waals surface area contributed by atoms with E-state index in [0.717, 1.165) is 0 Å². The van der Waals surface area contributed by atoms with E-state index in [1.165, 1.54) is 0 Å². The van der Waals surface area contributed by atoms with Gasteiger partial charge in [0, 0.05) is 28.3 Å². The van der Waals surface area contributed by atoms with Gasteiger partial charge in [-0.15, -0.1) is 0 Å². The van der Waals surface area contributed by atoms with Gasteiger partial charge in [-0.25, -0.2) is 38.4 Å². The molecular weight excluding hydrogens is 1520 g/mol. The van der Waals surface area contributed by atoms with Crippen molar-refractivity contribution in [3.05, 3.63) is 111 Å². The van der Waals surface area contributed by atoms with Crippen LogP contribution in [0.25, 0.3) is 22.3 Å². The highest BCUT2D eigenvalue weighted by molar-refractivity contribution is 6.10. The van der Waals surface area contributed by atoms with E-state index in [-0.39, 0.29) is 6.07 Å². The van der Waals surface area contributed by atoms with E-state index in [2.05, 4.69) is 0 Å². The molecule has 0 aliphatic carbocycles. The Morgan fingerprint density at radius 2 is 0.634 bits per heavy atom. The monoisotopic (exact) mass is 1570 g/mol. The molecule has 4 aliphatic heterocycles. The van der Waals surface area contributed by atoms with Gasteiger partial charge in [0.1, 0.15) is 43.2 Å². The minimum Gasteiger partial charge on any atom is -0.504 e. The zero-order valence-electron chi connectivity index (χ0n) is 55.0. The van der Waals surface area contributed by atoms with Gasteiger partial charge >= 0.3 is 47.8 Å². The Kier molecular flexibility index (Phi) is 19.3. The molecule has 10 atom stereocenters. The number of fused-ring (bicyclic) bond motifs is 8. The molecule has 0 aromatic heterocycles. The fraction of sp³-hybridized carbons (Fsp3) is 0.176. The van der Waals surface area contributed by atoms with Crippen LogP contribution in [0.2, 0.25) is 0 Å². The van der Waals surface area contributed by atoms with Crippen LogP contribution in [0.3, 0.4) is 0 Å². The van der Waals surface area contributed by atoms with Crippen molar-refractivity contribution in [1.82, 2.24) is 0 Å². The van der Waals surface area contributed by atoms with Gasteiger partial charge in [0.25, 0.3) is 0 Å². The average Bonchev–Trinajstić information content (AvgIpc) is 1.64. The molecular formula is C68H50O44. The number of cyclic esters (lactones) is 2. The number of carbonyl (C=O) groups is 8. The molecule has 0 saturated carbocycles. The molecule has 44 nitrogen and oxygen atoms in total. The van der Waals surface area contributed by atoms with Gasteiger partial charge in [-0.1, -0.05) is 0 Å². The zero-order valence-corrected chi connectivity index (χ0v) is 55.0. The Balaban J connectivity index is 0.907. The molecule has 0 radical (unpaired) electrons. The third-order valence-electron chi connectivity index (χ3n) is 17.3. The maximum absolute atomic E-state index is 14.8. The number of rotatable bonds is 10. The molecule has 0 amide bonds. The summed E-state index contributed by atoms with van der Waals surface area (Å²) in [4.78, 5) is 115. The summed E-state index contributed by atoms with van der Waals surface area (Å²) in [6.45, 7) is -2.75. The van der Waals surface area contributed by atoms with Crippen molar-refractivity contribution < 1.29 is 218 Å². The van der Waals surface area contributed by atoms with Crippen molar-refractivity contribution in [2.45, 2.75) is 61.4 Å². The Morgan fingerprint density at radius 1 is 0.312 bits per heavy atom. The van der Waals surface area contributed by atoms with Gasteiger partial charge in [-0.2, -0.15) is 0 Å². The second-order valence-corrected chi connectivity index (χ2v) is 24.3. The van der Waals surface area contributed by atoms with Gasteiger partial charge in [-0.05, 0) is 60.7 Å². The molecule has 10 unspecified atom stereocenters. The molecule has 4 aliphatic rings. The third-order valence-corrected chi connectivity index (χ3v) is 17.3. The van der Waals surface area contributed by atoms with Crippen LogP contribution < -0.4 is 4.74 Å². The number of esters is 8. The first-order valence-electron chi connectivity index (χ1n) is 31.1. The largest absolute Gasteiger partial charge is 0.504 e. The van der Waals surface area contributed by atoms with E-state index in [1.54, 1.807) is 0 Å². The molecule has 112 heavy (non-hydrogen) atoms. The number of phenols is 23. The summed E-state index contributed by atoms with van der Waals surface area (Å²) in [7, 11) is 0. The lowest BCUT2D eigenvalue weighted by molar-refractivity contribution is -0.284. The van der Waals surface area contributed by atoms with Crippen LogP contribution in [-0.2, 0) is 47.4 Å². The van der Waals surface area contributed by atoms with E-state index in [0.29, 0.717) is 60.7 Å². The van der Waals surface area contributed by atoms with Crippen molar-refractivity contribution in [3.63, 3.8) is 0 Å². The van der Waals surface area contributed by atoms with Gasteiger partial charge < -0.3 is 180 Å². The van der Waals surface area contributed by atoms with Crippen molar-refractivity contribution in [1.29, 1.82) is 0 Å². The number of ether oxygens (including phenoxy) is 11. The minimum absolute atomic E-state index is 0.239. The lowest BCUT2D eigenvalue weighted by atomic mass is 9.92. The summed E-state index contributed by atoms with van der Waals surface area (Å²) in [5.41, 5.74) is -13.5. The molecule has 2 fully saturated rings. The first-order valence-corrected chi connectivity index (χ1v) is 31.1. The summed E-state index contributed by atoms with van der Waals surface area (Å²) >= 11 is 0. The predicted molar refractivity (Wildman–Crippen MR) is 345 cm³/mol. The molecule has 44 heteroatoms. The molecule has 586 valence electrons. The highest BCUT2D eigenvalue weighted by atomic mass is 16.8. The second kappa shape index (κ2) is 28.4. The van der Waals surface area contributed by atoms with Gasteiger partial charge in [0.15, 0.2) is 122 Å². The maximum Gasteiger partial charge on any atom is 0.344 e. The minimum atomic E-state index is -2.90. The van der Waals surface area contributed by atoms with Gasteiger partial charge in [0.05, 0.1) is 38.9 Å². The van der Waals surface area contributed by atoms with Crippen molar-refractivity contribution in [3.8, 4) is 166 Å². The number of hydrogen-bond donors (Lipinski definition) is 25. The topological polar surface area (TPSA) is 744 Å². The zero-order chi connectivity index (χ0) is 81.7. The van der Waals surface area contributed by atoms with E-state index < -0.39 is 333 Å². The fourth-order valence-corrected chi connectivity index (χ4v) is 11.8. The first kappa shape index (κ1) is 76.2. The average molecular weight is 1570 g/mol. The van der Waals surface area contributed by atoms with Crippen LogP contribution in [-0.4, -0.2) is 250 Å². The molecule has 4 heterocycles. The molecule has 25 N–H and O–H groups in total. The van der Waals surface area contributed by atoms with E-state index in [1.807, 2.05) is 0 Å². The highest BCUT2D eigenvalue weighted by Gasteiger charge is 2.56. The van der Waals surface area contributed by atoms with Crippen LogP contribution in [0.1, 0.15) is 82.9 Å². The van der Waals surface area contributed by atoms with Crippen molar-refractivity contribution >= 4 is 47.8 Å². The lowest BCUT2D eigenvalue weighted by Gasteiger charge is -2.43. The molecule has 12 rings (SSSR count). The Morgan fingerprint density at radius 3 is 1.06 bits per heavy atom. The van der Waals surface area contributed by atoms with E-state index in [9.17, 15) is 166 Å². The number of hydrogen-bond acceptors (Lipinski definition) is 44. The van der Waals surface area contributed by atoms with Gasteiger partial charge in [0.2, 0.25) is 58.9 Å². The van der Waals surface area contributed by atoms with Crippen LogP contribution in [0.15, 0.2) is 66.7 Å². The third kappa shape index (κ3) is 13.2. The van der Waals surface area contributed by atoms with E-state index >= 15 is 0 Å². The fourth-order valence-electron chi connectivity index (χ4n) is 11.8. The quantitative estimate of drug-likeness (QED) is 0.0527. The smallest absolute Gasteiger partial charge is 0.344 e. The van der Waals surface area contributed by atoms with Gasteiger partial charge in [-0.3, -0.25) is 0 Å². The Hall–Kier alpha value is -15.4. The normalized spacial score (nSPS) is 20.7. The number of benzene rings is 8. The van der Waals surface area contributed by atoms with Crippen LogP contribution >= 0.6 is 0 Å². The molecule has 8 aromatic carbocycles. The molecule has 2 saturated heterocycles. The summed E-state index contributed by atoms with van der Waals surface area (Å²) < 4.78 is 61.2. The van der Waals surface area contributed by atoms with E-state index in [4.69, 9.17) is 52.1 Å². The number of aromatic hydroxyl groups is 23. The first-order chi connectivity index (χ1) is 52.7. The van der Waals surface area contributed by atoms with Crippen molar-refractivity contribution in [2.75, 3.05) is 13.2 Å². The number of aliphatic hydroxyl groups is 2. The highest BCUT2D eigenvalue weighted by Crippen LogP contribution is 2.57. The summed E-state index contributed by atoms with van der Waals surface area (Å²) in [6, 6.07) is 4.12. The van der Waals surface area contributed by atoms with Crippen molar-refractivity contribution in [2.24, 2.45) is 0 Å². The standard InChI is InChI=1S/C68H50O44/c69-22-1-14(2-23(70)39(22)79)59(94)109-57-56-34(13-103-63(98)18-8-28(75)43(83)48(88)36(18)38-20(65(100)108-56)10-30(77)45(85)50(38)90)106-68(58(57)110-60(95)15-3-24(71)40(80)25(72)4-15)111-61(96)16-5-26(73)41(81)32(6-16)104-54-21(11-31(78)46(86)51(54)91)66(101)112-67-53(93)52(92)55-33(105-67)12-102-62(97)17-7-27(74)42(82)47(87)35(17)37-19(64(99)107-55)9-29(76)44(84)49(37)89/h1-11,33-34,52-53,55-58,67-93H,12-13H2. The molecule has 8 aromatic rings. The SMILES string of the molecule is O=C(OC1OC2COC(=O)c3cc(O)c(O)c(O)c3-c3c(cc(O)c(O)c3O)C(=O)OC2C(OC(=O)c2cc(O)c(O)c(O)c2)C1OC(=O)c1cc(O)c(O)c(O)c1)c1cc(O)c(O)c(Oc2c(C(=O)OC3OC4COC(=O)c5cc(O)c(O)c(O)c5-c5c(cc(O)c(O)c5O)C(=O)OC4C(O)C3O)cc(O)c(O)c2O)c1. The number of phenolic OH excluding ortho intramolecular Hbond substituents is 23. The number of aliphatic hydroxyl groups excluding tert-OH is 2. The lowest BCUT2D eigenvalue weighted by Crippen LogP contribution is -2.63.